The highest BCUT2D eigenvalue weighted by atomic mass is 32.2. The molecule has 1 aliphatic rings. The van der Waals surface area contributed by atoms with Gasteiger partial charge in [0.15, 0.2) is 21.7 Å². The number of ether oxygens (including phenoxy) is 1. The maximum atomic E-state index is 13.8. The maximum Gasteiger partial charge on any atom is 0.405 e. The van der Waals surface area contributed by atoms with E-state index in [-0.39, 0.29) is 41.4 Å². The van der Waals surface area contributed by atoms with E-state index in [4.69, 9.17) is 19.5 Å². The lowest BCUT2D eigenvalue weighted by Crippen LogP contribution is -2.34. The number of nitrogens with two attached hydrogens (primary N) is 1. The molecule has 2 aromatic rings. The van der Waals surface area contributed by atoms with Crippen molar-refractivity contribution in [2.24, 2.45) is 10.8 Å². The van der Waals surface area contributed by atoms with Crippen molar-refractivity contribution >= 4 is 58.5 Å². The van der Waals surface area contributed by atoms with Gasteiger partial charge in [0.1, 0.15) is 18.1 Å². The van der Waals surface area contributed by atoms with Gasteiger partial charge in [0, 0.05) is 34.8 Å². The first-order valence-electron chi connectivity index (χ1n) is 12.7. The fraction of sp³-hybridized carbons (Fsp3) is 0.708. The molecule has 218 valence electrons. The number of anilines is 1. The van der Waals surface area contributed by atoms with Crippen molar-refractivity contribution in [1.29, 1.82) is 0 Å². The van der Waals surface area contributed by atoms with Crippen molar-refractivity contribution in [2.45, 2.75) is 73.3 Å². The number of nitrogens with one attached hydrogen (secondary N) is 1. The lowest BCUT2D eigenvalue weighted by molar-refractivity contribution is -0.118. The molecule has 12 nitrogen and oxygen atoms in total. The summed E-state index contributed by atoms with van der Waals surface area (Å²) in [4.78, 5) is 37.0. The van der Waals surface area contributed by atoms with Crippen molar-refractivity contribution in [3.05, 3.63) is 12.7 Å². The summed E-state index contributed by atoms with van der Waals surface area (Å²) in [5.41, 5.74) is 5.95. The molecule has 3 heterocycles. The van der Waals surface area contributed by atoms with Gasteiger partial charge in [-0.2, -0.15) is 0 Å². The molecular formula is C24H39N6O6PS2. The summed E-state index contributed by atoms with van der Waals surface area (Å²) in [6, 6.07) is -0.384. The Hall–Kier alpha value is -1.54. The van der Waals surface area contributed by atoms with Gasteiger partial charge in [0.25, 0.3) is 0 Å². The summed E-state index contributed by atoms with van der Waals surface area (Å²) < 4.78 is 33.2. The van der Waals surface area contributed by atoms with E-state index in [0.717, 1.165) is 23.5 Å². The monoisotopic (exact) mass is 602 g/mol. The highest BCUT2D eigenvalue weighted by molar-refractivity contribution is 8.14. The predicted octanol–water partition coefficient (Wildman–Crippen LogP) is 4.43. The second kappa shape index (κ2) is 13.0. The average Bonchev–Trinajstić information content (AvgIpc) is 3.42. The number of rotatable bonds is 11. The molecule has 3 atom stereocenters. The number of thioether (sulfide) groups is 2. The Balaban J connectivity index is 1.66. The standard InChI is InChI=1S/C24H39N6O6PS2/c1-15-16(12-17(36-15)30-14-28-18-19(25)26-13-27-20(18)30)29-37(33,34-8-10-38-21(31)23(2,3)4)35-9-11-39-22(32)24(5,6)7/h13-17H,8-12H2,1-7H3,(H,29,33)(H2,25,26,27). The Morgan fingerprint density at radius 1 is 1.08 bits per heavy atom. The highest BCUT2D eigenvalue weighted by Crippen LogP contribution is 2.47. The molecule has 1 saturated heterocycles. The van der Waals surface area contributed by atoms with E-state index in [1.54, 1.807) is 10.9 Å². The summed E-state index contributed by atoms with van der Waals surface area (Å²) in [7, 11) is -3.82. The summed E-state index contributed by atoms with van der Waals surface area (Å²) in [5, 5.41) is 3.07. The van der Waals surface area contributed by atoms with Gasteiger partial charge < -0.3 is 10.5 Å². The molecule has 3 unspecified atom stereocenters. The number of fused-ring (bicyclic) bond motifs is 1. The molecule has 39 heavy (non-hydrogen) atoms. The molecule has 0 amide bonds. The summed E-state index contributed by atoms with van der Waals surface area (Å²) >= 11 is 2.26. The van der Waals surface area contributed by atoms with Crippen molar-refractivity contribution < 1.29 is 27.9 Å². The number of carbonyl (C=O) groups is 2. The number of hydrogen-bond acceptors (Lipinski definition) is 12. The van der Waals surface area contributed by atoms with Crippen molar-refractivity contribution in [3.8, 4) is 0 Å². The first-order valence-corrected chi connectivity index (χ1v) is 16.2. The fourth-order valence-corrected chi connectivity index (χ4v) is 6.98. The summed E-state index contributed by atoms with van der Waals surface area (Å²) in [6.45, 7) is 13.0. The number of aromatic nitrogens is 4. The fourth-order valence-electron chi connectivity index (χ4n) is 3.56. The number of imidazole rings is 1. The minimum absolute atomic E-state index is 0.0181. The van der Waals surface area contributed by atoms with Crippen LogP contribution in [-0.4, -0.2) is 66.6 Å². The molecule has 1 aliphatic heterocycles. The third-order valence-electron chi connectivity index (χ3n) is 5.80. The molecule has 0 aliphatic carbocycles. The topological polar surface area (TPSA) is 161 Å². The van der Waals surface area contributed by atoms with Crippen LogP contribution in [0.1, 0.15) is 61.1 Å². The molecular weight excluding hydrogens is 563 g/mol. The molecule has 15 heteroatoms. The van der Waals surface area contributed by atoms with Crippen LogP contribution in [0.4, 0.5) is 5.82 Å². The molecule has 3 rings (SSSR count). The van der Waals surface area contributed by atoms with Gasteiger partial charge in [-0.1, -0.05) is 65.1 Å². The van der Waals surface area contributed by atoms with Gasteiger partial charge in [0.2, 0.25) is 0 Å². The van der Waals surface area contributed by atoms with Gasteiger partial charge >= 0.3 is 7.75 Å². The van der Waals surface area contributed by atoms with Gasteiger partial charge in [-0.15, -0.1) is 0 Å². The third kappa shape index (κ3) is 8.72. The van der Waals surface area contributed by atoms with Gasteiger partial charge in [-0.3, -0.25) is 23.2 Å². The zero-order valence-corrected chi connectivity index (χ0v) is 26.0. The summed E-state index contributed by atoms with van der Waals surface area (Å²) in [6.07, 6.45) is 2.60. The zero-order valence-electron chi connectivity index (χ0n) is 23.5. The van der Waals surface area contributed by atoms with E-state index in [1.165, 1.54) is 6.33 Å². The molecule has 1 fully saturated rings. The number of nitrogens with zero attached hydrogens (tertiary/aromatic N) is 4. The minimum Gasteiger partial charge on any atom is -0.382 e. The van der Waals surface area contributed by atoms with Gasteiger partial charge in [-0.05, 0) is 6.92 Å². The molecule has 0 aromatic carbocycles. The quantitative estimate of drug-likeness (QED) is 0.275. The van der Waals surface area contributed by atoms with E-state index in [9.17, 15) is 14.2 Å². The molecule has 3 N–H and O–H groups in total. The smallest absolute Gasteiger partial charge is 0.382 e. The van der Waals surface area contributed by atoms with Crippen LogP contribution >= 0.6 is 31.3 Å². The number of nitrogen functional groups attached to an aromatic ring is 1. The van der Waals surface area contributed by atoms with Crippen LogP contribution < -0.4 is 10.8 Å². The minimum atomic E-state index is -3.82. The molecule has 0 bridgehead atoms. The van der Waals surface area contributed by atoms with Crippen LogP contribution in [0.2, 0.25) is 0 Å². The van der Waals surface area contributed by atoms with Crippen LogP contribution in [0.3, 0.4) is 0 Å². The second-order valence-corrected chi connectivity index (χ2v) is 15.2. The van der Waals surface area contributed by atoms with E-state index in [0.29, 0.717) is 29.1 Å². The highest BCUT2D eigenvalue weighted by Gasteiger charge is 2.40. The van der Waals surface area contributed by atoms with Crippen molar-refractivity contribution in [2.75, 3.05) is 30.5 Å². The normalized spacial score (nSPS) is 20.5. The largest absolute Gasteiger partial charge is 0.405 e. The SMILES string of the molecule is CC1OC(n2cnc3c(N)ncnc32)CC1NP(=O)(OCCSC(=O)C(C)(C)C)OCCSC(=O)C(C)(C)C. The lowest BCUT2D eigenvalue weighted by atomic mass is 9.99. The van der Waals surface area contributed by atoms with Crippen LogP contribution in [0.5, 0.6) is 0 Å². The molecule has 0 spiro atoms. The van der Waals surface area contributed by atoms with Crippen LogP contribution in [0, 0.1) is 10.8 Å². The van der Waals surface area contributed by atoms with E-state index in [1.807, 2.05) is 48.5 Å². The third-order valence-corrected chi connectivity index (χ3v) is 9.98. The average molecular weight is 603 g/mol. The Kier molecular flexibility index (Phi) is 10.6. The van der Waals surface area contributed by atoms with Gasteiger partial charge in [0.05, 0.1) is 25.6 Å². The maximum absolute atomic E-state index is 13.8. The molecule has 0 radical (unpaired) electrons. The molecule has 0 saturated carbocycles. The van der Waals surface area contributed by atoms with Gasteiger partial charge in [-0.25, -0.2) is 24.6 Å². The Morgan fingerprint density at radius 3 is 2.18 bits per heavy atom. The number of hydrogen-bond donors (Lipinski definition) is 2. The van der Waals surface area contributed by atoms with Crippen LogP contribution in [0.15, 0.2) is 12.7 Å². The van der Waals surface area contributed by atoms with E-state index >= 15 is 0 Å². The first-order chi connectivity index (χ1) is 18.1. The van der Waals surface area contributed by atoms with E-state index < -0.39 is 24.8 Å². The Morgan fingerprint density at radius 2 is 1.64 bits per heavy atom. The summed E-state index contributed by atoms with van der Waals surface area (Å²) in [5.74, 6) is 0.921. The zero-order chi connectivity index (χ0) is 29.0. The van der Waals surface area contributed by atoms with E-state index in [2.05, 4.69) is 20.0 Å². The van der Waals surface area contributed by atoms with Crippen molar-refractivity contribution in [1.82, 2.24) is 24.6 Å². The first kappa shape index (κ1) is 32.0. The van der Waals surface area contributed by atoms with Crippen LogP contribution in [0.25, 0.3) is 11.2 Å². The lowest BCUT2D eigenvalue weighted by Gasteiger charge is -2.24. The molecule has 2 aromatic heterocycles. The number of carbonyl (C=O) groups excluding carboxylic acids is 2. The Labute approximate surface area is 237 Å². The van der Waals surface area contributed by atoms with Crippen LogP contribution in [-0.2, 0) is 27.9 Å². The van der Waals surface area contributed by atoms with Crippen molar-refractivity contribution in [3.63, 3.8) is 0 Å². The second-order valence-electron chi connectivity index (χ2n) is 11.3. The Bertz CT molecular complexity index is 1180. The predicted molar refractivity (Wildman–Crippen MR) is 154 cm³/mol.